The highest BCUT2D eigenvalue weighted by atomic mass is 35.5. The van der Waals surface area contributed by atoms with Gasteiger partial charge in [-0.3, -0.25) is 4.79 Å². The van der Waals surface area contributed by atoms with Crippen LogP contribution in [0.4, 0.5) is 0 Å². The van der Waals surface area contributed by atoms with Crippen molar-refractivity contribution < 1.29 is 4.79 Å². The highest BCUT2D eigenvalue weighted by Crippen LogP contribution is 2.30. The van der Waals surface area contributed by atoms with Gasteiger partial charge in [0.15, 0.2) is 0 Å². The van der Waals surface area contributed by atoms with E-state index < -0.39 is 0 Å². The molecule has 1 aliphatic carbocycles. The number of rotatable bonds is 4. The topological polar surface area (TPSA) is 32.3 Å². The van der Waals surface area contributed by atoms with E-state index in [0.717, 1.165) is 36.4 Å². The van der Waals surface area contributed by atoms with Gasteiger partial charge in [-0.1, -0.05) is 30.7 Å². The molecule has 114 valence electrons. The molecular formula is C17H23ClN2O. The number of piperidine rings is 1. The zero-order chi connectivity index (χ0) is 14.8. The highest BCUT2D eigenvalue weighted by Gasteiger charge is 2.36. The van der Waals surface area contributed by atoms with Gasteiger partial charge < -0.3 is 10.2 Å². The Morgan fingerprint density at radius 1 is 1.29 bits per heavy atom. The first kappa shape index (κ1) is 14.9. The SMILES string of the molecule is CC1CCNC(C(=O)N(Cc2ccc(Cl)cc2)C2CC2)C1. The number of halogens is 1. The van der Waals surface area contributed by atoms with Crippen LogP contribution in [0.25, 0.3) is 0 Å². The van der Waals surface area contributed by atoms with E-state index in [4.69, 9.17) is 11.6 Å². The van der Waals surface area contributed by atoms with Gasteiger partial charge in [0, 0.05) is 17.6 Å². The third kappa shape index (κ3) is 3.78. The largest absolute Gasteiger partial charge is 0.334 e. The molecule has 2 atom stereocenters. The molecule has 2 aliphatic rings. The summed E-state index contributed by atoms with van der Waals surface area (Å²) in [7, 11) is 0. The van der Waals surface area contributed by atoms with Gasteiger partial charge in [-0.2, -0.15) is 0 Å². The number of hydrogen-bond donors (Lipinski definition) is 1. The normalized spacial score (nSPS) is 25.6. The maximum Gasteiger partial charge on any atom is 0.240 e. The van der Waals surface area contributed by atoms with Crippen molar-refractivity contribution in [2.75, 3.05) is 6.54 Å². The molecule has 0 bridgehead atoms. The average Bonchev–Trinajstić information content (AvgIpc) is 3.30. The molecule has 1 N–H and O–H groups in total. The zero-order valence-corrected chi connectivity index (χ0v) is 13.3. The molecule has 0 aromatic heterocycles. The molecule has 3 rings (SSSR count). The molecule has 1 saturated heterocycles. The third-order valence-corrected chi connectivity index (χ3v) is 4.75. The lowest BCUT2D eigenvalue weighted by atomic mass is 9.93. The molecule has 1 aromatic rings. The van der Waals surface area contributed by atoms with Gasteiger partial charge >= 0.3 is 0 Å². The second kappa shape index (κ2) is 6.37. The van der Waals surface area contributed by atoms with Crippen LogP contribution in [0.15, 0.2) is 24.3 Å². The molecule has 0 spiro atoms. The minimum absolute atomic E-state index is 0.00153. The fraction of sp³-hybridized carbons (Fsp3) is 0.588. The van der Waals surface area contributed by atoms with E-state index >= 15 is 0 Å². The number of nitrogens with zero attached hydrogens (tertiary/aromatic N) is 1. The Balaban J connectivity index is 1.69. The Labute approximate surface area is 131 Å². The van der Waals surface area contributed by atoms with Gasteiger partial charge in [0.2, 0.25) is 5.91 Å². The van der Waals surface area contributed by atoms with E-state index in [0.29, 0.717) is 18.5 Å². The van der Waals surface area contributed by atoms with Crippen LogP contribution in [0, 0.1) is 5.92 Å². The Morgan fingerprint density at radius 2 is 2.00 bits per heavy atom. The highest BCUT2D eigenvalue weighted by molar-refractivity contribution is 6.30. The fourth-order valence-corrected chi connectivity index (χ4v) is 3.18. The molecule has 1 heterocycles. The summed E-state index contributed by atoms with van der Waals surface area (Å²) in [5.41, 5.74) is 1.16. The van der Waals surface area contributed by atoms with E-state index in [1.165, 1.54) is 6.42 Å². The summed E-state index contributed by atoms with van der Waals surface area (Å²) < 4.78 is 0. The number of benzene rings is 1. The van der Waals surface area contributed by atoms with Crippen LogP contribution < -0.4 is 5.32 Å². The molecule has 2 fully saturated rings. The summed E-state index contributed by atoms with van der Waals surface area (Å²) in [5, 5.41) is 4.14. The first-order chi connectivity index (χ1) is 10.1. The summed E-state index contributed by atoms with van der Waals surface area (Å²) >= 11 is 5.93. The van der Waals surface area contributed by atoms with Crippen LogP contribution in [-0.4, -0.2) is 29.4 Å². The number of carbonyl (C=O) groups excluding carboxylic acids is 1. The van der Waals surface area contributed by atoms with Crippen LogP contribution in [0.3, 0.4) is 0 Å². The number of carbonyl (C=O) groups is 1. The van der Waals surface area contributed by atoms with Crippen molar-refractivity contribution in [1.29, 1.82) is 0 Å². The Hall–Kier alpha value is -1.06. The molecular weight excluding hydrogens is 284 g/mol. The number of amides is 1. The third-order valence-electron chi connectivity index (χ3n) is 4.50. The second-order valence-corrected chi connectivity index (χ2v) is 6.90. The quantitative estimate of drug-likeness (QED) is 0.926. The Morgan fingerprint density at radius 3 is 2.62 bits per heavy atom. The van der Waals surface area contributed by atoms with Gasteiger partial charge in [-0.05, 0) is 55.8 Å². The summed E-state index contributed by atoms with van der Waals surface area (Å²) in [4.78, 5) is 14.9. The van der Waals surface area contributed by atoms with E-state index in [9.17, 15) is 4.79 Å². The molecule has 1 amide bonds. The molecule has 3 nitrogen and oxygen atoms in total. The maximum absolute atomic E-state index is 12.8. The first-order valence-electron chi connectivity index (χ1n) is 7.92. The van der Waals surface area contributed by atoms with Crippen LogP contribution in [0.1, 0.15) is 38.2 Å². The van der Waals surface area contributed by atoms with E-state index in [2.05, 4.69) is 17.1 Å². The van der Waals surface area contributed by atoms with Crippen molar-refractivity contribution in [1.82, 2.24) is 10.2 Å². The van der Waals surface area contributed by atoms with E-state index in [1.54, 1.807) is 0 Å². The maximum atomic E-state index is 12.8. The minimum atomic E-state index is 0.00153. The summed E-state index contributed by atoms with van der Waals surface area (Å²) in [5.74, 6) is 0.913. The lowest BCUT2D eigenvalue weighted by Gasteiger charge is -2.32. The standard InChI is InChI=1S/C17H23ClN2O/c1-12-8-9-19-16(10-12)17(21)20(15-6-7-15)11-13-2-4-14(18)5-3-13/h2-5,12,15-16,19H,6-11H2,1H3. The molecule has 4 heteroatoms. The Kier molecular flexibility index (Phi) is 4.51. The molecule has 1 saturated carbocycles. The fourth-order valence-electron chi connectivity index (χ4n) is 3.06. The van der Waals surface area contributed by atoms with Crippen molar-refractivity contribution in [3.8, 4) is 0 Å². The lowest BCUT2D eigenvalue weighted by Crippen LogP contribution is -2.50. The van der Waals surface area contributed by atoms with Gasteiger partial charge in [-0.15, -0.1) is 0 Å². The van der Waals surface area contributed by atoms with Crippen LogP contribution in [0.5, 0.6) is 0 Å². The monoisotopic (exact) mass is 306 g/mol. The summed E-state index contributed by atoms with van der Waals surface area (Å²) in [6.45, 7) is 3.89. The number of hydrogen-bond acceptors (Lipinski definition) is 2. The smallest absolute Gasteiger partial charge is 0.240 e. The first-order valence-corrected chi connectivity index (χ1v) is 8.29. The van der Waals surface area contributed by atoms with Gasteiger partial charge in [0.1, 0.15) is 0 Å². The zero-order valence-electron chi connectivity index (χ0n) is 12.5. The molecule has 21 heavy (non-hydrogen) atoms. The van der Waals surface area contributed by atoms with Crippen LogP contribution in [0.2, 0.25) is 5.02 Å². The van der Waals surface area contributed by atoms with Crippen LogP contribution >= 0.6 is 11.6 Å². The summed E-state index contributed by atoms with van der Waals surface area (Å²) in [6.07, 6.45) is 4.41. The average molecular weight is 307 g/mol. The van der Waals surface area contributed by atoms with Gasteiger partial charge in [-0.25, -0.2) is 0 Å². The van der Waals surface area contributed by atoms with Gasteiger partial charge in [0.05, 0.1) is 6.04 Å². The van der Waals surface area contributed by atoms with E-state index in [-0.39, 0.29) is 11.9 Å². The second-order valence-electron chi connectivity index (χ2n) is 6.46. The molecule has 1 aromatic carbocycles. The lowest BCUT2D eigenvalue weighted by molar-refractivity contribution is -0.135. The van der Waals surface area contributed by atoms with E-state index in [1.807, 2.05) is 24.3 Å². The van der Waals surface area contributed by atoms with Crippen molar-refractivity contribution in [2.45, 2.75) is 51.2 Å². The van der Waals surface area contributed by atoms with Crippen molar-refractivity contribution in [2.24, 2.45) is 5.92 Å². The Bertz CT molecular complexity index is 498. The van der Waals surface area contributed by atoms with Crippen LogP contribution in [-0.2, 0) is 11.3 Å². The number of nitrogens with one attached hydrogen (secondary N) is 1. The minimum Gasteiger partial charge on any atom is -0.334 e. The molecule has 2 unspecified atom stereocenters. The molecule has 1 aliphatic heterocycles. The van der Waals surface area contributed by atoms with Crippen molar-refractivity contribution >= 4 is 17.5 Å². The predicted molar refractivity (Wildman–Crippen MR) is 85.2 cm³/mol. The summed E-state index contributed by atoms with van der Waals surface area (Å²) in [6, 6.07) is 8.26. The molecule has 0 radical (unpaired) electrons. The predicted octanol–water partition coefficient (Wildman–Crippen LogP) is 3.22. The van der Waals surface area contributed by atoms with Crippen molar-refractivity contribution in [3.63, 3.8) is 0 Å². The van der Waals surface area contributed by atoms with Gasteiger partial charge in [0.25, 0.3) is 0 Å². The van der Waals surface area contributed by atoms with Crippen molar-refractivity contribution in [3.05, 3.63) is 34.9 Å².